The van der Waals surface area contributed by atoms with E-state index >= 15 is 0 Å². The molecule has 0 rings (SSSR count). The van der Waals surface area contributed by atoms with Crippen molar-refractivity contribution in [1.29, 1.82) is 0 Å². The van der Waals surface area contributed by atoms with Crippen LogP contribution in [0, 0.1) is 0 Å². The van der Waals surface area contributed by atoms with Crippen molar-refractivity contribution in [2.24, 2.45) is 0 Å². The fourth-order valence-corrected chi connectivity index (χ4v) is 2.68. The van der Waals surface area contributed by atoms with E-state index in [1.807, 2.05) is 0 Å². The van der Waals surface area contributed by atoms with Crippen LogP contribution in [0.2, 0.25) is 0 Å². The van der Waals surface area contributed by atoms with Gasteiger partial charge in [0, 0.05) is 0 Å². The SMILES string of the molecule is CC/C=C/C/C=C/C/C=C/C/C=C/C/C=C/C/C=C/CCCCCCCC. The van der Waals surface area contributed by atoms with Crippen LogP contribution in [0.15, 0.2) is 72.9 Å². The zero-order valence-corrected chi connectivity index (χ0v) is 18.1. The monoisotopic (exact) mass is 368 g/mol. The number of unbranched alkanes of at least 4 members (excludes halogenated alkanes) is 6. The van der Waals surface area contributed by atoms with Gasteiger partial charge < -0.3 is 0 Å². The summed E-state index contributed by atoms with van der Waals surface area (Å²) in [5, 5.41) is 0. The smallest absolute Gasteiger partial charge is 0.0169 e. The van der Waals surface area contributed by atoms with E-state index in [2.05, 4.69) is 86.8 Å². The van der Waals surface area contributed by atoms with Gasteiger partial charge in [-0.1, -0.05) is 119 Å². The molecule has 0 N–H and O–H groups in total. The minimum Gasteiger partial charge on any atom is -0.0885 e. The van der Waals surface area contributed by atoms with Crippen LogP contribution in [0.25, 0.3) is 0 Å². The Morgan fingerprint density at radius 3 is 1.19 bits per heavy atom. The first-order valence-electron chi connectivity index (χ1n) is 11.3. The Labute approximate surface area is 170 Å². The summed E-state index contributed by atoms with van der Waals surface area (Å²) in [5.41, 5.74) is 0. The first kappa shape index (κ1) is 25.4. The summed E-state index contributed by atoms with van der Waals surface area (Å²) in [6.45, 7) is 4.44. The lowest BCUT2D eigenvalue weighted by atomic mass is 10.1. The average Bonchev–Trinajstić information content (AvgIpc) is 2.68. The molecule has 0 aliphatic heterocycles. The van der Waals surface area contributed by atoms with Crippen LogP contribution in [0.3, 0.4) is 0 Å². The van der Waals surface area contributed by atoms with Crippen molar-refractivity contribution < 1.29 is 0 Å². The summed E-state index contributed by atoms with van der Waals surface area (Å²) in [6, 6.07) is 0. The Balaban J connectivity index is 3.43. The molecule has 0 aromatic heterocycles. The number of hydrogen-bond donors (Lipinski definition) is 0. The van der Waals surface area contributed by atoms with Gasteiger partial charge in [0.2, 0.25) is 0 Å². The summed E-state index contributed by atoms with van der Waals surface area (Å²) in [4.78, 5) is 0. The second kappa shape index (κ2) is 24.4. The van der Waals surface area contributed by atoms with E-state index in [0.717, 1.165) is 38.5 Å². The van der Waals surface area contributed by atoms with E-state index in [1.165, 1.54) is 44.9 Å². The third kappa shape index (κ3) is 24.4. The molecule has 0 atom stereocenters. The van der Waals surface area contributed by atoms with E-state index in [9.17, 15) is 0 Å². The normalized spacial score (nSPS) is 13.1. The quantitative estimate of drug-likeness (QED) is 0.167. The molecule has 0 heterocycles. The number of allylic oxidation sites excluding steroid dienone is 12. The Kier molecular flexibility index (Phi) is 23.0. The molecule has 0 spiro atoms. The summed E-state index contributed by atoms with van der Waals surface area (Å²) in [6.07, 6.45) is 43.1. The summed E-state index contributed by atoms with van der Waals surface area (Å²) in [7, 11) is 0. The highest BCUT2D eigenvalue weighted by atomic mass is 13.9. The fraction of sp³-hybridized carbons (Fsp3) is 0.556. The van der Waals surface area contributed by atoms with E-state index in [1.54, 1.807) is 0 Å². The van der Waals surface area contributed by atoms with Gasteiger partial charge in [-0.3, -0.25) is 0 Å². The minimum absolute atomic E-state index is 1.04. The summed E-state index contributed by atoms with van der Waals surface area (Å²) < 4.78 is 0. The molecule has 27 heavy (non-hydrogen) atoms. The van der Waals surface area contributed by atoms with Gasteiger partial charge in [-0.05, 0) is 51.4 Å². The van der Waals surface area contributed by atoms with Crippen LogP contribution in [0.5, 0.6) is 0 Å². The first-order valence-corrected chi connectivity index (χ1v) is 11.3. The highest BCUT2D eigenvalue weighted by Gasteiger charge is 1.87. The Bertz CT molecular complexity index is 443. The molecule has 0 aromatic rings. The van der Waals surface area contributed by atoms with E-state index in [0.29, 0.717) is 0 Å². The van der Waals surface area contributed by atoms with Gasteiger partial charge in [0.25, 0.3) is 0 Å². The molecule has 0 unspecified atom stereocenters. The van der Waals surface area contributed by atoms with E-state index in [-0.39, 0.29) is 0 Å². The van der Waals surface area contributed by atoms with Crippen LogP contribution < -0.4 is 0 Å². The highest BCUT2D eigenvalue weighted by Crippen LogP contribution is 2.07. The number of rotatable bonds is 18. The molecule has 0 aromatic carbocycles. The lowest BCUT2D eigenvalue weighted by Crippen LogP contribution is -1.77. The van der Waals surface area contributed by atoms with Gasteiger partial charge in [-0.2, -0.15) is 0 Å². The molecule has 0 saturated heterocycles. The zero-order chi connectivity index (χ0) is 19.7. The third-order valence-corrected chi connectivity index (χ3v) is 4.32. The molecule has 0 amide bonds. The van der Waals surface area contributed by atoms with Crippen molar-refractivity contribution in [2.45, 2.75) is 97.3 Å². The molecule has 0 nitrogen and oxygen atoms in total. The van der Waals surface area contributed by atoms with Crippen molar-refractivity contribution >= 4 is 0 Å². The first-order chi connectivity index (χ1) is 13.4. The minimum atomic E-state index is 1.04. The van der Waals surface area contributed by atoms with Crippen molar-refractivity contribution in [3.8, 4) is 0 Å². The van der Waals surface area contributed by atoms with Crippen LogP contribution in [-0.4, -0.2) is 0 Å². The van der Waals surface area contributed by atoms with E-state index in [4.69, 9.17) is 0 Å². The van der Waals surface area contributed by atoms with Crippen molar-refractivity contribution in [3.05, 3.63) is 72.9 Å². The Hall–Kier alpha value is -1.56. The van der Waals surface area contributed by atoms with Gasteiger partial charge in [0.15, 0.2) is 0 Å². The predicted molar refractivity (Wildman–Crippen MR) is 126 cm³/mol. The summed E-state index contributed by atoms with van der Waals surface area (Å²) in [5.74, 6) is 0. The summed E-state index contributed by atoms with van der Waals surface area (Å²) >= 11 is 0. The lowest BCUT2D eigenvalue weighted by molar-refractivity contribution is 0.611. The largest absolute Gasteiger partial charge is 0.0885 e. The molecule has 0 radical (unpaired) electrons. The van der Waals surface area contributed by atoms with Gasteiger partial charge >= 0.3 is 0 Å². The Morgan fingerprint density at radius 2 is 0.741 bits per heavy atom. The van der Waals surface area contributed by atoms with E-state index < -0.39 is 0 Å². The molecule has 152 valence electrons. The third-order valence-electron chi connectivity index (χ3n) is 4.32. The molecule has 0 bridgehead atoms. The van der Waals surface area contributed by atoms with Gasteiger partial charge in [0.1, 0.15) is 0 Å². The van der Waals surface area contributed by atoms with Crippen LogP contribution >= 0.6 is 0 Å². The predicted octanol–water partition coefficient (Wildman–Crippen LogP) is 9.43. The Morgan fingerprint density at radius 1 is 0.370 bits per heavy atom. The molecule has 0 aliphatic rings. The second-order valence-corrected chi connectivity index (χ2v) is 6.97. The van der Waals surface area contributed by atoms with Crippen LogP contribution in [0.4, 0.5) is 0 Å². The fourth-order valence-electron chi connectivity index (χ4n) is 2.68. The molecular formula is C27H44. The molecular weight excluding hydrogens is 324 g/mol. The maximum absolute atomic E-state index is 2.35. The second-order valence-electron chi connectivity index (χ2n) is 6.97. The molecule has 0 saturated carbocycles. The van der Waals surface area contributed by atoms with Crippen molar-refractivity contribution in [2.75, 3.05) is 0 Å². The maximum atomic E-state index is 2.35. The molecule has 0 fully saturated rings. The number of hydrogen-bond acceptors (Lipinski definition) is 0. The van der Waals surface area contributed by atoms with Crippen LogP contribution in [0.1, 0.15) is 97.3 Å². The van der Waals surface area contributed by atoms with Crippen LogP contribution in [-0.2, 0) is 0 Å². The van der Waals surface area contributed by atoms with Crippen molar-refractivity contribution in [1.82, 2.24) is 0 Å². The average molecular weight is 369 g/mol. The zero-order valence-electron chi connectivity index (χ0n) is 18.1. The molecule has 0 heteroatoms. The standard InChI is InChI=1S/C27H44/c1-3-5-7-9-11-13-15-17-19-21-23-25-27-26-24-22-20-18-16-14-12-10-8-6-4-2/h5,7,11,13,17-20,23-26H,3-4,6,8-10,12,14-16,21-22,27H2,1-2H3/b7-5+,13-11+,19-17+,20-18+,25-23+,26-24+. The van der Waals surface area contributed by atoms with Gasteiger partial charge in [-0.15, -0.1) is 0 Å². The topological polar surface area (TPSA) is 0 Å². The van der Waals surface area contributed by atoms with Crippen molar-refractivity contribution in [3.63, 3.8) is 0 Å². The molecule has 0 aliphatic carbocycles. The highest BCUT2D eigenvalue weighted by molar-refractivity contribution is 5.01. The van der Waals surface area contributed by atoms with Gasteiger partial charge in [-0.25, -0.2) is 0 Å². The maximum Gasteiger partial charge on any atom is -0.0169 e. The van der Waals surface area contributed by atoms with Gasteiger partial charge in [0.05, 0.1) is 0 Å². The lowest BCUT2D eigenvalue weighted by Gasteiger charge is -1.97.